The Morgan fingerprint density at radius 3 is 1.24 bits per heavy atom. The molecule has 0 heterocycles. The highest BCUT2D eigenvalue weighted by molar-refractivity contribution is 6.46. The molecular weight excluding hydrogens is 256 g/mol. The van der Waals surface area contributed by atoms with E-state index in [1.165, 1.54) is 0 Å². The van der Waals surface area contributed by atoms with Crippen LogP contribution in [-0.2, 0) is 22.4 Å². The van der Waals surface area contributed by atoms with E-state index in [0.29, 0.717) is 24.3 Å². The fourth-order valence-corrected chi connectivity index (χ4v) is 4.55. The van der Waals surface area contributed by atoms with Gasteiger partial charge in [0.05, 0.1) is 13.2 Å². The van der Waals surface area contributed by atoms with E-state index in [1.807, 2.05) is 0 Å². The van der Waals surface area contributed by atoms with E-state index in [-0.39, 0.29) is 0 Å². The summed E-state index contributed by atoms with van der Waals surface area (Å²) < 4.78 is 26.9. The fourth-order valence-electron chi connectivity index (χ4n) is 1.72. The molecule has 0 amide bonds. The minimum atomic E-state index is -1.56. The Hall–Kier alpha value is 0.234. The van der Waals surface area contributed by atoms with Gasteiger partial charge in [0.2, 0.25) is 0 Å². The predicted octanol–water partition coefficient (Wildman–Crippen LogP) is 0.810. The summed E-state index contributed by atoms with van der Waals surface area (Å²) in [6.07, 6.45) is 0. The van der Waals surface area contributed by atoms with Gasteiger partial charge in [0, 0.05) is 39.5 Å². The van der Waals surface area contributed by atoms with Gasteiger partial charge in [-0.2, -0.15) is 0 Å². The standard InChI is InChI=1S/C10H26O5Si2/c1-9(16(11-3)12-4)7-15-8-10(2)17(13-5)14-6/h9-10,16-17H,7-8H2,1-6H3. The van der Waals surface area contributed by atoms with Crippen molar-refractivity contribution >= 4 is 18.6 Å². The van der Waals surface area contributed by atoms with Gasteiger partial charge < -0.3 is 22.4 Å². The van der Waals surface area contributed by atoms with Gasteiger partial charge in [-0.15, -0.1) is 0 Å². The lowest BCUT2D eigenvalue weighted by Crippen LogP contribution is -2.30. The van der Waals surface area contributed by atoms with Crippen LogP contribution in [0.5, 0.6) is 0 Å². The Kier molecular flexibility index (Phi) is 10.3. The average molecular weight is 282 g/mol. The summed E-state index contributed by atoms with van der Waals surface area (Å²) >= 11 is 0. The van der Waals surface area contributed by atoms with Gasteiger partial charge in [-0.1, -0.05) is 13.8 Å². The van der Waals surface area contributed by atoms with E-state index in [1.54, 1.807) is 28.4 Å². The Morgan fingerprint density at radius 2 is 1.00 bits per heavy atom. The number of hydrogen-bond donors (Lipinski definition) is 0. The van der Waals surface area contributed by atoms with E-state index in [0.717, 1.165) is 0 Å². The molecule has 0 aromatic rings. The third-order valence-corrected chi connectivity index (χ3v) is 6.72. The summed E-state index contributed by atoms with van der Waals surface area (Å²) in [6.45, 7) is 5.52. The van der Waals surface area contributed by atoms with Gasteiger partial charge in [0.15, 0.2) is 0 Å². The molecular formula is C10H26O5Si2. The molecule has 7 heteroatoms. The lowest BCUT2D eigenvalue weighted by Gasteiger charge is -2.22. The van der Waals surface area contributed by atoms with Crippen LogP contribution < -0.4 is 0 Å². The summed E-state index contributed by atoms with van der Waals surface area (Å²) in [5, 5.41) is 0. The van der Waals surface area contributed by atoms with Gasteiger partial charge in [0.1, 0.15) is 0 Å². The maximum Gasteiger partial charge on any atom is 0.326 e. The molecule has 0 saturated carbocycles. The predicted molar refractivity (Wildman–Crippen MR) is 72.0 cm³/mol. The fraction of sp³-hybridized carbons (Fsp3) is 1.00. The molecule has 0 aromatic heterocycles. The number of ether oxygens (including phenoxy) is 1. The van der Waals surface area contributed by atoms with Gasteiger partial charge in [-0.25, -0.2) is 0 Å². The first-order valence-electron chi connectivity index (χ1n) is 5.79. The Morgan fingerprint density at radius 1 is 0.706 bits per heavy atom. The third kappa shape index (κ3) is 6.65. The van der Waals surface area contributed by atoms with Gasteiger partial charge >= 0.3 is 18.6 Å². The highest BCUT2D eigenvalue weighted by Gasteiger charge is 2.23. The summed E-state index contributed by atoms with van der Waals surface area (Å²) in [5.41, 5.74) is 0.671. The normalized spacial score (nSPS) is 15.5. The van der Waals surface area contributed by atoms with E-state index in [4.69, 9.17) is 22.4 Å². The molecule has 0 bridgehead atoms. The molecule has 0 aliphatic heterocycles. The molecule has 0 radical (unpaired) electrons. The lowest BCUT2D eigenvalue weighted by molar-refractivity contribution is 0.114. The van der Waals surface area contributed by atoms with E-state index >= 15 is 0 Å². The molecule has 0 aliphatic rings. The zero-order valence-electron chi connectivity index (χ0n) is 11.8. The van der Waals surface area contributed by atoms with Crippen molar-refractivity contribution in [1.29, 1.82) is 0 Å². The average Bonchev–Trinajstić information content (AvgIpc) is 2.32. The van der Waals surface area contributed by atoms with Crippen molar-refractivity contribution in [3.8, 4) is 0 Å². The first-order valence-corrected chi connectivity index (χ1v) is 9.01. The first kappa shape index (κ1) is 17.2. The maximum atomic E-state index is 5.68. The molecule has 0 rings (SSSR count). The minimum Gasteiger partial charge on any atom is -0.400 e. The zero-order chi connectivity index (χ0) is 13.3. The molecule has 17 heavy (non-hydrogen) atoms. The van der Waals surface area contributed by atoms with Crippen LogP contribution in [0.4, 0.5) is 0 Å². The summed E-state index contributed by atoms with van der Waals surface area (Å²) in [4.78, 5) is 0. The van der Waals surface area contributed by atoms with Crippen LogP contribution in [-0.4, -0.2) is 60.2 Å². The molecule has 0 aliphatic carbocycles. The monoisotopic (exact) mass is 282 g/mol. The van der Waals surface area contributed by atoms with Crippen molar-refractivity contribution < 1.29 is 22.4 Å². The number of rotatable bonds is 10. The molecule has 0 aromatic carbocycles. The second kappa shape index (κ2) is 10.2. The van der Waals surface area contributed by atoms with Crippen molar-refractivity contribution in [1.82, 2.24) is 0 Å². The Bertz CT molecular complexity index is 158. The van der Waals surface area contributed by atoms with Gasteiger partial charge in [0.25, 0.3) is 0 Å². The molecule has 0 spiro atoms. The van der Waals surface area contributed by atoms with Crippen molar-refractivity contribution in [2.75, 3.05) is 41.7 Å². The summed E-state index contributed by atoms with van der Waals surface area (Å²) in [7, 11) is 3.64. The van der Waals surface area contributed by atoms with E-state index < -0.39 is 18.6 Å². The van der Waals surface area contributed by atoms with Crippen LogP contribution in [0.1, 0.15) is 13.8 Å². The largest absolute Gasteiger partial charge is 0.400 e. The topological polar surface area (TPSA) is 46.2 Å². The van der Waals surface area contributed by atoms with E-state index in [2.05, 4.69) is 13.8 Å². The van der Waals surface area contributed by atoms with Crippen LogP contribution in [0.2, 0.25) is 11.1 Å². The van der Waals surface area contributed by atoms with Gasteiger partial charge in [-0.3, -0.25) is 0 Å². The maximum absolute atomic E-state index is 5.68. The van der Waals surface area contributed by atoms with Crippen LogP contribution in [0.15, 0.2) is 0 Å². The van der Waals surface area contributed by atoms with Crippen LogP contribution in [0, 0.1) is 0 Å². The molecule has 104 valence electrons. The van der Waals surface area contributed by atoms with Crippen molar-refractivity contribution in [2.45, 2.75) is 24.9 Å². The highest BCUT2D eigenvalue weighted by atomic mass is 28.3. The van der Waals surface area contributed by atoms with Crippen molar-refractivity contribution in [2.24, 2.45) is 0 Å². The quantitative estimate of drug-likeness (QED) is 0.555. The van der Waals surface area contributed by atoms with E-state index in [9.17, 15) is 0 Å². The van der Waals surface area contributed by atoms with Crippen LogP contribution >= 0.6 is 0 Å². The molecule has 0 saturated heterocycles. The van der Waals surface area contributed by atoms with Crippen LogP contribution in [0.25, 0.3) is 0 Å². The third-order valence-electron chi connectivity index (χ3n) is 2.62. The summed E-state index contributed by atoms with van der Waals surface area (Å²) in [5.74, 6) is 0. The zero-order valence-corrected chi connectivity index (χ0v) is 14.1. The first-order chi connectivity index (χ1) is 8.10. The Labute approximate surface area is 108 Å². The highest BCUT2D eigenvalue weighted by Crippen LogP contribution is 2.15. The van der Waals surface area contributed by atoms with Crippen molar-refractivity contribution in [3.63, 3.8) is 0 Å². The van der Waals surface area contributed by atoms with Gasteiger partial charge in [-0.05, 0) is 0 Å². The van der Waals surface area contributed by atoms with Crippen molar-refractivity contribution in [3.05, 3.63) is 0 Å². The smallest absolute Gasteiger partial charge is 0.326 e. The SMILES string of the molecule is CO[SiH](OC)C(C)COCC(C)[SiH](OC)OC. The minimum absolute atomic E-state index is 0.336. The second-order valence-electron chi connectivity index (χ2n) is 4.17. The Balaban J connectivity index is 3.82. The molecule has 0 N–H and O–H groups in total. The molecule has 0 fully saturated rings. The summed E-state index contributed by atoms with van der Waals surface area (Å²) in [6, 6.07) is 0. The lowest BCUT2D eigenvalue weighted by atomic mass is 10.5. The van der Waals surface area contributed by atoms with Crippen LogP contribution in [0.3, 0.4) is 0 Å². The molecule has 2 atom stereocenters. The molecule has 5 nitrogen and oxygen atoms in total. The molecule has 2 unspecified atom stereocenters. The number of hydrogen-bond acceptors (Lipinski definition) is 5. The second-order valence-corrected chi connectivity index (χ2v) is 9.81.